The quantitative estimate of drug-likeness (QED) is 0.375. The summed E-state index contributed by atoms with van der Waals surface area (Å²) in [5, 5.41) is 25.8. The number of pyridine rings is 1. The molecule has 3 aromatic rings. The number of aromatic nitrogens is 1. The highest BCUT2D eigenvalue weighted by Gasteiger charge is 2.30. The van der Waals surface area contributed by atoms with Crippen LogP contribution in [0.15, 0.2) is 28.6 Å². The van der Waals surface area contributed by atoms with Gasteiger partial charge in [0.1, 0.15) is 35.1 Å². The van der Waals surface area contributed by atoms with E-state index in [9.17, 15) is 9.65 Å². The van der Waals surface area contributed by atoms with E-state index in [2.05, 4.69) is 20.6 Å². The molecule has 0 radical (unpaired) electrons. The van der Waals surface area contributed by atoms with Gasteiger partial charge in [0.25, 0.3) is 0 Å². The summed E-state index contributed by atoms with van der Waals surface area (Å²) in [5.41, 5.74) is 13.0. The number of nitrogens with two attached hydrogens (primary N) is 2. The van der Waals surface area contributed by atoms with Gasteiger partial charge in [-0.3, -0.25) is 5.32 Å². The first-order chi connectivity index (χ1) is 13.0. The summed E-state index contributed by atoms with van der Waals surface area (Å²) in [6.07, 6.45) is 1.77. The number of benzene rings is 1. The molecule has 132 valence electrons. The van der Waals surface area contributed by atoms with Crippen molar-refractivity contribution in [3.8, 4) is 12.3 Å². The lowest BCUT2D eigenvalue weighted by molar-refractivity contribution is 0.636. The number of hydrogen-bond donors (Lipinski definition) is 4. The number of nitriles is 2. The Morgan fingerprint density at radius 2 is 2.11 bits per heavy atom. The van der Waals surface area contributed by atoms with Gasteiger partial charge in [-0.05, 0) is 29.1 Å². The van der Waals surface area contributed by atoms with E-state index >= 15 is 0 Å². The van der Waals surface area contributed by atoms with Crippen LogP contribution in [-0.2, 0) is 0 Å². The number of fused-ring (bicyclic) bond motifs is 2. The van der Waals surface area contributed by atoms with Gasteiger partial charge < -0.3 is 16.8 Å². The number of nitrogen functional groups attached to an aromatic ring is 2. The fourth-order valence-electron chi connectivity index (χ4n) is 3.03. The minimum atomic E-state index is -0.765. The lowest BCUT2D eigenvalue weighted by atomic mass is 9.94. The van der Waals surface area contributed by atoms with Crippen LogP contribution in [0.3, 0.4) is 0 Å². The van der Waals surface area contributed by atoms with Gasteiger partial charge in [0.05, 0.1) is 5.69 Å². The molecule has 27 heavy (non-hydrogen) atoms. The monoisotopic (exact) mass is 378 g/mol. The second kappa shape index (κ2) is 6.12. The average Bonchev–Trinajstić information content (AvgIpc) is 3.10. The molecule has 4 rings (SSSR count). The molecule has 0 saturated carbocycles. The Kier molecular flexibility index (Phi) is 3.76. The number of nitrogens with zero attached hydrogens (tertiary/aromatic N) is 4. The summed E-state index contributed by atoms with van der Waals surface area (Å²) < 4.78 is 15.3. The van der Waals surface area contributed by atoms with Crippen LogP contribution in [0.4, 0.5) is 21.7 Å². The van der Waals surface area contributed by atoms with E-state index in [4.69, 9.17) is 16.7 Å². The van der Waals surface area contributed by atoms with Crippen molar-refractivity contribution in [3.63, 3.8) is 0 Å². The van der Waals surface area contributed by atoms with Gasteiger partial charge in [-0.15, -0.1) is 11.3 Å². The molecular formula is C17H11FN8S. The minimum absolute atomic E-state index is 0.0325. The molecule has 1 aromatic carbocycles. The number of halogens is 1. The number of anilines is 3. The maximum absolute atomic E-state index is 14.5. The smallest absolute Gasteiger partial charge is 0.211 e. The first-order valence-electron chi connectivity index (χ1n) is 7.69. The van der Waals surface area contributed by atoms with Gasteiger partial charge in [-0.2, -0.15) is 10.5 Å². The van der Waals surface area contributed by atoms with E-state index in [-0.39, 0.29) is 28.8 Å². The van der Waals surface area contributed by atoms with Crippen molar-refractivity contribution >= 4 is 44.7 Å². The Bertz CT molecular complexity index is 1200. The van der Waals surface area contributed by atoms with Gasteiger partial charge in [0.2, 0.25) is 5.96 Å². The number of aliphatic imine (C=N–C) groups is 1. The maximum atomic E-state index is 14.5. The summed E-state index contributed by atoms with van der Waals surface area (Å²) in [5.74, 6) is -0.0551. The van der Waals surface area contributed by atoms with Crippen molar-refractivity contribution in [1.82, 2.24) is 10.3 Å². The van der Waals surface area contributed by atoms with Crippen LogP contribution in [0.25, 0.3) is 10.1 Å². The molecule has 1 atom stereocenters. The van der Waals surface area contributed by atoms with Crippen molar-refractivity contribution < 1.29 is 4.39 Å². The summed E-state index contributed by atoms with van der Waals surface area (Å²) in [6.45, 7) is 0. The van der Waals surface area contributed by atoms with Crippen LogP contribution in [-0.4, -0.2) is 10.9 Å². The molecule has 2 aromatic heterocycles. The number of rotatable bonds is 1. The molecule has 0 aliphatic carbocycles. The molecule has 3 heterocycles. The zero-order valence-electron chi connectivity index (χ0n) is 13.6. The first-order valence-corrected chi connectivity index (χ1v) is 8.57. The molecule has 1 aliphatic rings. The third-order valence-corrected chi connectivity index (χ3v) is 5.08. The Morgan fingerprint density at radius 3 is 2.85 bits per heavy atom. The van der Waals surface area contributed by atoms with Crippen LogP contribution < -0.4 is 22.1 Å². The average molecular weight is 378 g/mol. The molecule has 1 aliphatic heterocycles. The van der Waals surface area contributed by atoms with Crippen LogP contribution in [0, 0.1) is 28.6 Å². The van der Waals surface area contributed by atoms with Crippen molar-refractivity contribution in [3.05, 3.63) is 46.1 Å². The van der Waals surface area contributed by atoms with E-state index in [0.717, 1.165) is 4.70 Å². The predicted octanol–water partition coefficient (Wildman–Crippen LogP) is 2.41. The van der Waals surface area contributed by atoms with Crippen molar-refractivity contribution in [1.29, 1.82) is 10.5 Å². The Morgan fingerprint density at radius 1 is 1.30 bits per heavy atom. The number of thiophene rings is 1. The van der Waals surface area contributed by atoms with Gasteiger partial charge in [-0.1, -0.05) is 0 Å². The molecule has 0 saturated heterocycles. The van der Waals surface area contributed by atoms with Gasteiger partial charge >= 0.3 is 0 Å². The second-order valence-electron chi connectivity index (χ2n) is 5.74. The Hall–Kier alpha value is -3.89. The molecular weight excluding hydrogens is 367 g/mol. The fraction of sp³-hybridized carbons (Fsp3) is 0.0588. The zero-order chi connectivity index (χ0) is 19.1. The SMILES string of the molecule is N#CNC1=NC(c2cc(F)c3ccsc3c2)c2c(nc(N)c(C#N)c2N)N1. The highest BCUT2D eigenvalue weighted by molar-refractivity contribution is 7.17. The lowest BCUT2D eigenvalue weighted by Crippen LogP contribution is -2.32. The van der Waals surface area contributed by atoms with Crippen LogP contribution in [0.2, 0.25) is 0 Å². The van der Waals surface area contributed by atoms with Crippen molar-refractivity contribution in [2.45, 2.75) is 6.04 Å². The molecule has 0 bridgehead atoms. The molecule has 1 unspecified atom stereocenters. The van der Waals surface area contributed by atoms with E-state index in [1.54, 1.807) is 23.7 Å². The third-order valence-electron chi connectivity index (χ3n) is 4.22. The topological polar surface area (TPSA) is 149 Å². The van der Waals surface area contributed by atoms with Crippen LogP contribution in [0.5, 0.6) is 0 Å². The predicted molar refractivity (Wildman–Crippen MR) is 101 cm³/mol. The van der Waals surface area contributed by atoms with E-state index in [1.807, 2.05) is 6.07 Å². The molecule has 10 heteroatoms. The normalized spacial score (nSPS) is 15.2. The van der Waals surface area contributed by atoms with Crippen LogP contribution in [0.1, 0.15) is 22.7 Å². The largest absolute Gasteiger partial charge is 0.397 e. The second-order valence-corrected chi connectivity index (χ2v) is 6.68. The molecule has 0 amide bonds. The summed E-state index contributed by atoms with van der Waals surface area (Å²) in [7, 11) is 0. The fourth-order valence-corrected chi connectivity index (χ4v) is 3.87. The lowest BCUT2D eigenvalue weighted by Gasteiger charge is -2.26. The van der Waals surface area contributed by atoms with Crippen LogP contribution >= 0.6 is 11.3 Å². The van der Waals surface area contributed by atoms with Gasteiger partial charge in [0, 0.05) is 15.6 Å². The number of hydrogen-bond acceptors (Lipinski definition) is 9. The summed E-state index contributed by atoms with van der Waals surface area (Å²) in [6, 6.07) is 6.03. The van der Waals surface area contributed by atoms with Gasteiger partial charge in [-0.25, -0.2) is 14.4 Å². The zero-order valence-corrected chi connectivity index (χ0v) is 14.4. The Labute approximate surface area is 156 Å². The summed E-state index contributed by atoms with van der Waals surface area (Å²) in [4.78, 5) is 8.59. The van der Waals surface area contributed by atoms with Crippen molar-refractivity contribution in [2.75, 3.05) is 16.8 Å². The highest BCUT2D eigenvalue weighted by Crippen LogP contribution is 2.41. The van der Waals surface area contributed by atoms with E-state index in [0.29, 0.717) is 16.5 Å². The first kappa shape index (κ1) is 16.6. The maximum Gasteiger partial charge on any atom is 0.211 e. The summed E-state index contributed by atoms with van der Waals surface area (Å²) >= 11 is 1.40. The van der Waals surface area contributed by atoms with Crippen molar-refractivity contribution in [2.24, 2.45) is 4.99 Å². The number of guanidine groups is 1. The minimum Gasteiger partial charge on any atom is -0.397 e. The standard InChI is InChI=1S/C17H11FN8S/c18-10-3-7(4-11-8(10)1-2-27-11)14-12-13(21)9(5-19)15(22)25-16(12)26-17(24-14)23-6-20/h1-4,14H,(H6,21,22,23,24,25,26). The molecule has 0 fully saturated rings. The Balaban J connectivity index is 1.98. The van der Waals surface area contributed by atoms with Gasteiger partial charge in [0.15, 0.2) is 6.19 Å². The molecule has 0 spiro atoms. The highest BCUT2D eigenvalue weighted by atomic mass is 32.1. The van der Waals surface area contributed by atoms with E-state index < -0.39 is 11.9 Å². The third kappa shape index (κ3) is 2.56. The van der Waals surface area contributed by atoms with E-state index in [1.165, 1.54) is 17.4 Å². The molecule has 6 N–H and O–H groups in total. The number of nitrogens with one attached hydrogen (secondary N) is 2. The molecule has 8 nitrogen and oxygen atoms in total.